The van der Waals surface area contributed by atoms with Crippen molar-refractivity contribution in [3.63, 3.8) is 0 Å². The lowest BCUT2D eigenvalue weighted by Gasteiger charge is -2.15. The van der Waals surface area contributed by atoms with Crippen LogP contribution < -0.4 is 15.2 Å². The maximum atomic E-state index is 6.09. The van der Waals surface area contributed by atoms with Crippen LogP contribution in [0.1, 0.15) is 11.1 Å². The van der Waals surface area contributed by atoms with Crippen LogP contribution in [-0.2, 0) is 6.42 Å². The third-order valence-electron chi connectivity index (χ3n) is 2.32. The molecule has 4 heteroatoms. The van der Waals surface area contributed by atoms with E-state index in [4.69, 9.17) is 26.8 Å². The average Bonchev–Trinajstić information content (AvgIpc) is 2.23. The molecule has 0 saturated heterocycles. The lowest BCUT2D eigenvalue weighted by molar-refractivity contribution is 0.350. The Kier molecular flexibility index (Phi) is 4.24. The Morgan fingerprint density at radius 3 is 2.33 bits per heavy atom. The van der Waals surface area contributed by atoms with Gasteiger partial charge >= 0.3 is 0 Å². The van der Waals surface area contributed by atoms with Gasteiger partial charge in [-0.15, -0.1) is 0 Å². The molecule has 1 aromatic rings. The van der Waals surface area contributed by atoms with Gasteiger partial charge < -0.3 is 15.2 Å². The Labute approximate surface area is 95.1 Å². The molecule has 3 nitrogen and oxygen atoms in total. The second kappa shape index (κ2) is 5.24. The smallest absolute Gasteiger partial charge is 0.165 e. The van der Waals surface area contributed by atoms with Crippen molar-refractivity contribution < 1.29 is 9.47 Å². The van der Waals surface area contributed by atoms with Crippen molar-refractivity contribution in [1.82, 2.24) is 0 Å². The van der Waals surface area contributed by atoms with E-state index in [9.17, 15) is 0 Å². The van der Waals surface area contributed by atoms with Gasteiger partial charge in [0.1, 0.15) is 0 Å². The minimum absolute atomic E-state index is 0.554. The summed E-state index contributed by atoms with van der Waals surface area (Å²) in [4.78, 5) is 0. The van der Waals surface area contributed by atoms with E-state index in [1.165, 1.54) is 0 Å². The number of ether oxygens (including phenoxy) is 2. The van der Waals surface area contributed by atoms with Crippen molar-refractivity contribution in [3.05, 3.63) is 22.2 Å². The summed E-state index contributed by atoms with van der Waals surface area (Å²) < 4.78 is 10.6. The molecule has 0 fully saturated rings. The average molecular weight is 230 g/mol. The van der Waals surface area contributed by atoms with Crippen molar-refractivity contribution in [2.75, 3.05) is 20.8 Å². The predicted molar refractivity (Wildman–Crippen MR) is 62.1 cm³/mol. The fourth-order valence-electron chi connectivity index (χ4n) is 1.56. The molecule has 0 saturated carbocycles. The lowest BCUT2D eigenvalue weighted by Crippen LogP contribution is -2.06. The van der Waals surface area contributed by atoms with Crippen LogP contribution >= 0.6 is 11.6 Å². The third kappa shape index (κ3) is 2.36. The van der Waals surface area contributed by atoms with Crippen LogP contribution in [0.5, 0.6) is 11.5 Å². The highest BCUT2D eigenvalue weighted by Gasteiger charge is 2.15. The van der Waals surface area contributed by atoms with Gasteiger partial charge in [0.15, 0.2) is 11.5 Å². The lowest BCUT2D eigenvalue weighted by atomic mass is 10.1. The second-order valence-corrected chi connectivity index (χ2v) is 3.65. The van der Waals surface area contributed by atoms with Gasteiger partial charge in [-0.3, -0.25) is 0 Å². The normalized spacial score (nSPS) is 10.2. The molecule has 0 radical (unpaired) electrons. The van der Waals surface area contributed by atoms with Crippen LogP contribution in [0.3, 0.4) is 0 Å². The minimum Gasteiger partial charge on any atom is -0.493 e. The summed E-state index contributed by atoms with van der Waals surface area (Å²) >= 11 is 6.09. The molecule has 2 N–H and O–H groups in total. The number of halogens is 1. The van der Waals surface area contributed by atoms with Crippen molar-refractivity contribution in [2.45, 2.75) is 13.3 Å². The zero-order chi connectivity index (χ0) is 11.4. The molecule has 0 aromatic heterocycles. The molecule has 15 heavy (non-hydrogen) atoms. The number of hydrogen-bond donors (Lipinski definition) is 1. The summed E-state index contributed by atoms with van der Waals surface area (Å²) in [7, 11) is 3.22. The number of benzene rings is 1. The van der Waals surface area contributed by atoms with Crippen LogP contribution in [0, 0.1) is 6.92 Å². The summed E-state index contributed by atoms with van der Waals surface area (Å²) in [6.45, 7) is 2.45. The first-order chi connectivity index (χ1) is 7.15. The van der Waals surface area contributed by atoms with Gasteiger partial charge in [0.05, 0.1) is 14.2 Å². The highest BCUT2D eigenvalue weighted by molar-refractivity contribution is 6.31. The van der Waals surface area contributed by atoms with Crippen LogP contribution in [-0.4, -0.2) is 20.8 Å². The first-order valence-corrected chi connectivity index (χ1v) is 5.13. The van der Waals surface area contributed by atoms with Crippen molar-refractivity contribution in [1.29, 1.82) is 0 Å². The number of nitrogens with two attached hydrogens (primary N) is 1. The van der Waals surface area contributed by atoms with E-state index in [-0.39, 0.29) is 0 Å². The van der Waals surface area contributed by atoms with Crippen LogP contribution in [0.15, 0.2) is 6.07 Å². The maximum Gasteiger partial charge on any atom is 0.165 e. The number of methoxy groups -OCH3 is 2. The highest BCUT2D eigenvalue weighted by atomic mass is 35.5. The summed E-state index contributed by atoms with van der Waals surface area (Å²) in [6, 6.07) is 1.88. The van der Waals surface area contributed by atoms with E-state index in [0.717, 1.165) is 23.3 Å². The molecular formula is C11H16ClNO2. The largest absolute Gasteiger partial charge is 0.493 e. The third-order valence-corrected chi connectivity index (χ3v) is 2.71. The Hall–Kier alpha value is -0.930. The molecule has 0 spiro atoms. The Bertz CT molecular complexity index is 353. The summed E-state index contributed by atoms with van der Waals surface area (Å²) in [5.74, 6) is 1.42. The van der Waals surface area contributed by atoms with Crippen molar-refractivity contribution in [2.24, 2.45) is 5.73 Å². The van der Waals surface area contributed by atoms with E-state index in [1.807, 2.05) is 13.0 Å². The molecular weight excluding hydrogens is 214 g/mol. The van der Waals surface area contributed by atoms with Gasteiger partial charge in [0.2, 0.25) is 0 Å². The summed E-state index contributed by atoms with van der Waals surface area (Å²) in [6.07, 6.45) is 0.722. The van der Waals surface area contributed by atoms with Crippen LogP contribution in [0.25, 0.3) is 0 Å². The first-order valence-electron chi connectivity index (χ1n) is 4.75. The molecule has 0 unspecified atom stereocenters. The highest BCUT2D eigenvalue weighted by Crippen LogP contribution is 2.38. The van der Waals surface area contributed by atoms with E-state index < -0.39 is 0 Å². The van der Waals surface area contributed by atoms with E-state index in [2.05, 4.69) is 0 Å². The first kappa shape index (κ1) is 12.1. The van der Waals surface area contributed by atoms with Gasteiger partial charge in [-0.1, -0.05) is 11.6 Å². The van der Waals surface area contributed by atoms with Crippen LogP contribution in [0.2, 0.25) is 5.02 Å². The maximum absolute atomic E-state index is 6.09. The Morgan fingerprint density at radius 2 is 1.87 bits per heavy atom. The van der Waals surface area contributed by atoms with Gasteiger partial charge in [0, 0.05) is 16.1 Å². The summed E-state index contributed by atoms with van der Waals surface area (Å²) in [5, 5.41) is 0.677. The Balaban J connectivity index is 3.33. The quantitative estimate of drug-likeness (QED) is 0.861. The molecule has 0 aliphatic rings. The van der Waals surface area contributed by atoms with Gasteiger partial charge in [-0.2, -0.15) is 0 Å². The second-order valence-electron chi connectivity index (χ2n) is 3.25. The molecule has 0 amide bonds. The minimum atomic E-state index is 0.554. The molecule has 0 atom stereocenters. The molecule has 1 aromatic carbocycles. The number of rotatable bonds is 4. The van der Waals surface area contributed by atoms with Crippen LogP contribution in [0.4, 0.5) is 0 Å². The fraction of sp³-hybridized carbons (Fsp3) is 0.455. The SMILES string of the molecule is COc1c(CCN)cc(Cl)c(C)c1OC. The molecule has 0 aliphatic carbocycles. The molecule has 84 valence electrons. The monoisotopic (exact) mass is 229 g/mol. The standard InChI is InChI=1S/C11H16ClNO2/c1-7-9(12)6-8(4-5-13)11(15-3)10(7)14-2/h6H,4-5,13H2,1-3H3. The predicted octanol–water partition coefficient (Wildman–Crippen LogP) is 2.17. The van der Waals surface area contributed by atoms with Gasteiger partial charge in [-0.05, 0) is 26.0 Å². The topological polar surface area (TPSA) is 44.5 Å². The fourth-order valence-corrected chi connectivity index (χ4v) is 1.78. The molecule has 0 heterocycles. The van der Waals surface area contributed by atoms with Gasteiger partial charge in [-0.25, -0.2) is 0 Å². The molecule has 0 bridgehead atoms. The van der Waals surface area contributed by atoms with Crippen molar-refractivity contribution in [3.8, 4) is 11.5 Å². The van der Waals surface area contributed by atoms with E-state index >= 15 is 0 Å². The summed E-state index contributed by atoms with van der Waals surface area (Å²) in [5.41, 5.74) is 7.39. The van der Waals surface area contributed by atoms with E-state index in [1.54, 1.807) is 14.2 Å². The van der Waals surface area contributed by atoms with Crippen molar-refractivity contribution >= 4 is 11.6 Å². The Morgan fingerprint density at radius 1 is 1.27 bits per heavy atom. The zero-order valence-corrected chi connectivity index (χ0v) is 10.0. The van der Waals surface area contributed by atoms with Gasteiger partial charge in [0.25, 0.3) is 0 Å². The van der Waals surface area contributed by atoms with E-state index in [0.29, 0.717) is 17.3 Å². The molecule has 1 rings (SSSR count). The number of hydrogen-bond acceptors (Lipinski definition) is 3. The molecule has 0 aliphatic heterocycles. The zero-order valence-electron chi connectivity index (χ0n) is 9.26.